The van der Waals surface area contributed by atoms with Crippen molar-refractivity contribution in [2.24, 2.45) is 0 Å². The molecule has 0 unspecified atom stereocenters. The number of benzene rings is 1. The Hall–Kier alpha value is -1.75. The molecule has 1 aromatic carbocycles. The van der Waals surface area contributed by atoms with Crippen LogP contribution in [-0.4, -0.2) is 16.0 Å². The minimum absolute atomic E-state index is 0.0549. The highest BCUT2D eigenvalue weighted by atomic mass is 79.9. The third-order valence-corrected chi connectivity index (χ3v) is 2.99. The highest BCUT2D eigenvalue weighted by Gasteiger charge is 2.07. The third-order valence-electron chi connectivity index (χ3n) is 2.32. The van der Waals surface area contributed by atoms with E-state index in [2.05, 4.69) is 26.2 Å². The second-order valence-electron chi connectivity index (χ2n) is 3.57. The molecule has 2 rings (SSSR count). The summed E-state index contributed by atoms with van der Waals surface area (Å²) >= 11 is 3.16. The van der Waals surface area contributed by atoms with Crippen LogP contribution < -0.4 is 5.32 Å². The van der Waals surface area contributed by atoms with Gasteiger partial charge in [-0.15, -0.1) is 0 Å². The van der Waals surface area contributed by atoms with E-state index in [1.165, 1.54) is 6.07 Å². The minimum atomic E-state index is -0.214. The van der Waals surface area contributed by atoms with Gasteiger partial charge in [0.25, 0.3) is 5.91 Å². The molecule has 3 N–H and O–H groups in total. The molecule has 0 saturated carbocycles. The smallest absolute Gasteiger partial charge is 0.251 e. The molecule has 1 amide bonds. The molecular formula is C12H11BrN2O2. The topological polar surface area (TPSA) is 65.1 Å². The summed E-state index contributed by atoms with van der Waals surface area (Å²) in [5, 5.41) is 12.2. The van der Waals surface area contributed by atoms with E-state index >= 15 is 0 Å². The molecule has 88 valence electrons. The first-order valence-electron chi connectivity index (χ1n) is 5.05. The zero-order valence-electron chi connectivity index (χ0n) is 8.90. The van der Waals surface area contributed by atoms with Gasteiger partial charge in [-0.1, -0.05) is 0 Å². The fourth-order valence-corrected chi connectivity index (χ4v) is 1.65. The monoisotopic (exact) mass is 294 g/mol. The molecule has 0 aliphatic carbocycles. The summed E-state index contributed by atoms with van der Waals surface area (Å²) in [5.41, 5.74) is 1.43. The number of phenols is 1. The largest absolute Gasteiger partial charge is 0.507 e. The Morgan fingerprint density at radius 3 is 2.88 bits per heavy atom. The van der Waals surface area contributed by atoms with Crippen LogP contribution in [-0.2, 0) is 6.54 Å². The van der Waals surface area contributed by atoms with E-state index in [0.717, 1.165) is 5.56 Å². The van der Waals surface area contributed by atoms with Crippen molar-refractivity contribution in [1.82, 2.24) is 10.3 Å². The van der Waals surface area contributed by atoms with E-state index in [1.807, 2.05) is 12.3 Å². The Balaban J connectivity index is 2.02. The number of aromatic nitrogens is 1. The molecule has 0 aliphatic rings. The standard InChI is InChI=1S/C12H11BrN2O2/c13-10-2-1-9(5-11(10)16)12(17)15-7-8-3-4-14-6-8/h1-6,14,16H,7H2,(H,15,17). The molecule has 0 spiro atoms. The van der Waals surface area contributed by atoms with E-state index in [0.29, 0.717) is 16.6 Å². The van der Waals surface area contributed by atoms with Gasteiger partial charge in [-0.25, -0.2) is 0 Å². The fourth-order valence-electron chi connectivity index (χ4n) is 1.41. The van der Waals surface area contributed by atoms with E-state index in [-0.39, 0.29) is 11.7 Å². The maximum absolute atomic E-state index is 11.8. The summed E-state index contributed by atoms with van der Waals surface area (Å²) in [7, 11) is 0. The number of aromatic amines is 1. The summed E-state index contributed by atoms with van der Waals surface area (Å²) in [5.74, 6) is -0.159. The lowest BCUT2D eigenvalue weighted by Crippen LogP contribution is -2.22. The summed E-state index contributed by atoms with van der Waals surface area (Å²) in [6.45, 7) is 0.457. The van der Waals surface area contributed by atoms with Crippen molar-refractivity contribution in [3.05, 3.63) is 52.3 Å². The molecule has 0 atom stereocenters. The Labute approximate surface area is 107 Å². The van der Waals surface area contributed by atoms with Crippen LogP contribution in [0.15, 0.2) is 41.1 Å². The lowest BCUT2D eigenvalue weighted by atomic mass is 10.2. The average Bonchev–Trinajstić information content (AvgIpc) is 2.82. The number of rotatable bonds is 3. The number of hydrogen-bond acceptors (Lipinski definition) is 2. The first kappa shape index (κ1) is 11.7. The van der Waals surface area contributed by atoms with Gasteiger partial charge in [-0.05, 0) is 45.8 Å². The van der Waals surface area contributed by atoms with Crippen molar-refractivity contribution >= 4 is 21.8 Å². The number of hydrogen-bond donors (Lipinski definition) is 3. The minimum Gasteiger partial charge on any atom is -0.507 e. The number of H-pyrrole nitrogens is 1. The quantitative estimate of drug-likeness (QED) is 0.814. The Morgan fingerprint density at radius 2 is 2.24 bits per heavy atom. The lowest BCUT2D eigenvalue weighted by Gasteiger charge is -2.05. The number of phenolic OH excluding ortho intramolecular Hbond substituents is 1. The maximum atomic E-state index is 11.8. The van der Waals surface area contributed by atoms with Crippen molar-refractivity contribution < 1.29 is 9.90 Å². The van der Waals surface area contributed by atoms with E-state index in [4.69, 9.17) is 0 Å². The van der Waals surface area contributed by atoms with Crippen LogP contribution in [0.4, 0.5) is 0 Å². The highest BCUT2D eigenvalue weighted by molar-refractivity contribution is 9.10. The second-order valence-corrected chi connectivity index (χ2v) is 4.42. The molecule has 17 heavy (non-hydrogen) atoms. The SMILES string of the molecule is O=C(NCc1cc[nH]c1)c1ccc(Br)c(O)c1. The molecule has 5 heteroatoms. The van der Waals surface area contributed by atoms with Gasteiger partial charge in [-0.3, -0.25) is 4.79 Å². The normalized spacial score (nSPS) is 10.2. The van der Waals surface area contributed by atoms with E-state index in [1.54, 1.807) is 18.3 Å². The van der Waals surface area contributed by atoms with Crippen LogP contribution in [0.2, 0.25) is 0 Å². The molecule has 0 saturated heterocycles. The molecule has 2 aromatic rings. The third kappa shape index (κ3) is 2.88. The van der Waals surface area contributed by atoms with Crippen molar-refractivity contribution in [3.8, 4) is 5.75 Å². The zero-order chi connectivity index (χ0) is 12.3. The van der Waals surface area contributed by atoms with Crippen molar-refractivity contribution in [1.29, 1.82) is 0 Å². The molecule has 0 radical (unpaired) electrons. The fraction of sp³-hybridized carbons (Fsp3) is 0.0833. The van der Waals surface area contributed by atoms with Gasteiger partial charge < -0.3 is 15.4 Å². The van der Waals surface area contributed by atoms with Crippen LogP contribution >= 0.6 is 15.9 Å². The Kier molecular flexibility index (Phi) is 3.49. The first-order chi connectivity index (χ1) is 8.16. The van der Waals surface area contributed by atoms with Gasteiger partial charge in [0.1, 0.15) is 5.75 Å². The van der Waals surface area contributed by atoms with Crippen molar-refractivity contribution in [2.45, 2.75) is 6.54 Å². The lowest BCUT2D eigenvalue weighted by molar-refractivity contribution is 0.0950. The molecular weight excluding hydrogens is 284 g/mol. The molecule has 1 heterocycles. The van der Waals surface area contributed by atoms with Gasteiger partial charge in [-0.2, -0.15) is 0 Å². The number of nitrogens with one attached hydrogen (secondary N) is 2. The summed E-state index contributed by atoms with van der Waals surface area (Å²) in [6, 6.07) is 6.60. The van der Waals surface area contributed by atoms with Gasteiger partial charge in [0.2, 0.25) is 0 Å². The Bertz CT molecular complexity index is 523. The number of carbonyl (C=O) groups excluding carboxylic acids is 1. The van der Waals surface area contributed by atoms with Gasteiger partial charge in [0, 0.05) is 24.5 Å². The Morgan fingerprint density at radius 1 is 1.41 bits per heavy atom. The number of carbonyl (C=O) groups is 1. The van der Waals surface area contributed by atoms with E-state index in [9.17, 15) is 9.90 Å². The number of amides is 1. The van der Waals surface area contributed by atoms with Crippen LogP contribution in [0.3, 0.4) is 0 Å². The predicted molar refractivity (Wildman–Crippen MR) is 67.8 cm³/mol. The molecule has 1 aromatic heterocycles. The molecule has 0 fully saturated rings. The number of aromatic hydroxyl groups is 1. The molecule has 0 aliphatic heterocycles. The van der Waals surface area contributed by atoms with Crippen LogP contribution in [0.1, 0.15) is 15.9 Å². The van der Waals surface area contributed by atoms with E-state index < -0.39 is 0 Å². The summed E-state index contributed by atoms with van der Waals surface area (Å²) in [4.78, 5) is 14.7. The molecule has 4 nitrogen and oxygen atoms in total. The average molecular weight is 295 g/mol. The van der Waals surface area contributed by atoms with Crippen molar-refractivity contribution in [3.63, 3.8) is 0 Å². The van der Waals surface area contributed by atoms with Gasteiger partial charge in [0.15, 0.2) is 0 Å². The summed E-state index contributed by atoms with van der Waals surface area (Å²) in [6.07, 6.45) is 3.62. The van der Waals surface area contributed by atoms with Crippen molar-refractivity contribution in [2.75, 3.05) is 0 Å². The van der Waals surface area contributed by atoms with Crippen LogP contribution in [0, 0.1) is 0 Å². The highest BCUT2D eigenvalue weighted by Crippen LogP contribution is 2.24. The molecule has 0 bridgehead atoms. The number of halogens is 1. The second kappa shape index (κ2) is 5.05. The van der Waals surface area contributed by atoms with Crippen LogP contribution in [0.5, 0.6) is 5.75 Å². The first-order valence-corrected chi connectivity index (χ1v) is 5.84. The van der Waals surface area contributed by atoms with Gasteiger partial charge in [0.05, 0.1) is 4.47 Å². The predicted octanol–water partition coefficient (Wildman–Crippen LogP) is 2.41. The van der Waals surface area contributed by atoms with Gasteiger partial charge >= 0.3 is 0 Å². The maximum Gasteiger partial charge on any atom is 0.251 e. The summed E-state index contributed by atoms with van der Waals surface area (Å²) < 4.78 is 0.569. The zero-order valence-corrected chi connectivity index (χ0v) is 10.5. The van der Waals surface area contributed by atoms with Crippen LogP contribution in [0.25, 0.3) is 0 Å².